The molecule has 0 spiro atoms. The molecule has 0 aromatic carbocycles. The highest BCUT2D eigenvalue weighted by atomic mass is 32.2. The van der Waals surface area contributed by atoms with Crippen molar-refractivity contribution in [2.24, 2.45) is 11.3 Å². The van der Waals surface area contributed by atoms with Crippen LogP contribution in [0.2, 0.25) is 0 Å². The van der Waals surface area contributed by atoms with Gasteiger partial charge in [-0.3, -0.25) is 0 Å². The van der Waals surface area contributed by atoms with E-state index in [1.54, 1.807) is 0 Å². The van der Waals surface area contributed by atoms with E-state index in [1.807, 2.05) is 0 Å². The van der Waals surface area contributed by atoms with Gasteiger partial charge in [0, 0.05) is 6.54 Å². The monoisotopic (exact) mass is 291 g/mol. The van der Waals surface area contributed by atoms with Crippen molar-refractivity contribution in [1.82, 2.24) is 4.72 Å². The maximum Gasteiger partial charge on any atom is 0.336 e. The van der Waals surface area contributed by atoms with Gasteiger partial charge in [0.25, 0.3) is 0 Å². The number of sulfonamides is 1. The minimum atomic E-state index is -3.55. The molecule has 2 fully saturated rings. The van der Waals surface area contributed by atoms with Gasteiger partial charge in [-0.2, -0.15) is 0 Å². The number of carboxylic acid groups (broad SMARTS) is 1. The van der Waals surface area contributed by atoms with Crippen LogP contribution in [0.4, 0.5) is 0 Å². The van der Waals surface area contributed by atoms with Gasteiger partial charge in [-0.25, -0.2) is 17.9 Å². The molecule has 0 aromatic rings. The second kappa shape index (κ2) is 4.71. The number of hydrogen-bond acceptors (Lipinski definition) is 4. The van der Waals surface area contributed by atoms with Crippen molar-refractivity contribution in [2.45, 2.75) is 44.6 Å². The Bertz CT molecular complexity index is 463. The van der Waals surface area contributed by atoms with Gasteiger partial charge >= 0.3 is 5.97 Å². The third kappa shape index (κ3) is 3.27. The van der Waals surface area contributed by atoms with Gasteiger partial charge in [-0.05, 0) is 50.4 Å². The zero-order valence-electron chi connectivity index (χ0n) is 11.1. The van der Waals surface area contributed by atoms with E-state index in [1.165, 1.54) is 0 Å². The molecule has 110 valence electrons. The number of aliphatic hydroxyl groups is 1. The highest BCUT2D eigenvalue weighted by Crippen LogP contribution is 2.54. The Kier molecular flexibility index (Phi) is 3.66. The first-order chi connectivity index (χ1) is 8.64. The Balaban J connectivity index is 1.94. The average molecular weight is 291 g/mol. The standard InChI is InChI=1S/C12H21NO5S/c1-11(16,10(14)15)7-13-19(17,18)8-12-4-2-9(6-12)3-5-12/h9,13,16H,2-8H2,1H3,(H,14,15). The summed E-state index contributed by atoms with van der Waals surface area (Å²) in [7, 11) is -3.55. The highest BCUT2D eigenvalue weighted by molar-refractivity contribution is 7.89. The molecule has 6 nitrogen and oxygen atoms in total. The predicted octanol–water partition coefficient (Wildman–Crippen LogP) is 0.322. The van der Waals surface area contributed by atoms with E-state index < -0.39 is 28.1 Å². The molecule has 0 aliphatic heterocycles. The zero-order chi connectivity index (χ0) is 14.3. The summed E-state index contributed by atoms with van der Waals surface area (Å²) >= 11 is 0. The second-order valence-electron chi connectivity index (χ2n) is 6.31. The van der Waals surface area contributed by atoms with Gasteiger partial charge in [-0.1, -0.05) is 0 Å². The van der Waals surface area contributed by atoms with Gasteiger partial charge in [0.1, 0.15) is 0 Å². The summed E-state index contributed by atoms with van der Waals surface area (Å²) in [6.07, 6.45) is 5.04. The lowest BCUT2D eigenvalue weighted by atomic mass is 9.87. The molecule has 2 rings (SSSR count). The lowest BCUT2D eigenvalue weighted by molar-refractivity contribution is -0.155. The van der Waals surface area contributed by atoms with Crippen LogP contribution in [-0.2, 0) is 14.8 Å². The molecular weight excluding hydrogens is 270 g/mol. The summed E-state index contributed by atoms with van der Waals surface area (Å²) in [5.74, 6) is -0.723. The van der Waals surface area contributed by atoms with E-state index in [4.69, 9.17) is 5.11 Å². The van der Waals surface area contributed by atoms with Crippen LogP contribution in [0.15, 0.2) is 0 Å². The molecule has 0 aromatic heterocycles. The summed E-state index contributed by atoms with van der Waals surface area (Å²) in [6, 6.07) is 0. The summed E-state index contributed by atoms with van der Waals surface area (Å²) in [4.78, 5) is 10.7. The van der Waals surface area contributed by atoms with Crippen molar-refractivity contribution in [1.29, 1.82) is 0 Å². The molecule has 2 aliphatic rings. The van der Waals surface area contributed by atoms with Crippen LogP contribution in [0.25, 0.3) is 0 Å². The fourth-order valence-electron chi connectivity index (χ4n) is 3.29. The number of carbonyl (C=O) groups is 1. The lowest BCUT2D eigenvalue weighted by Gasteiger charge is -2.27. The molecule has 1 atom stereocenters. The molecule has 0 saturated heterocycles. The van der Waals surface area contributed by atoms with Gasteiger partial charge in [0.05, 0.1) is 5.75 Å². The molecule has 0 radical (unpaired) electrons. The quantitative estimate of drug-likeness (QED) is 0.654. The Morgan fingerprint density at radius 1 is 1.42 bits per heavy atom. The molecular formula is C12H21NO5S. The van der Waals surface area contributed by atoms with Gasteiger partial charge in [-0.15, -0.1) is 0 Å². The largest absolute Gasteiger partial charge is 0.479 e. The molecule has 1 unspecified atom stereocenters. The fraction of sp³-hybridized carbons (Fsp3) is 0.917. The van der Waals surface area contributed by atoms with Gasteiger partial charge in [0.2, 0.25) is 10.0 Å². The van der Waals surface area contributed by atoms with Crippen molar-refractivity contribution < 1.29 is 23.4 Å². The minimum absolute atomic E-state index is 0.0478. The van der Waals surface area contributed by atoms with Crippen LogP contribution in [-0.4, -0.2) is 42.5 Å². The zero-order valence-corrected chi connectivity index (χ0v) is 11.9. The van der Waals surface area contributed by atoms with E-state index in [0.29, 0.717) is 5.92 Å². The van der Waals surface area contributed by atoms with Crippen LogP contribution in [0.3, 0.4) is 0 Å². The third-order valence-electron chi connectivity index (χ3n) is 4.48. The van der Waals surface area contributed by atoms with E-state index in [-0.39, 0.29) is 11.2 Å². The molecule has 2 aliphatic carbocycles. The first-order valence-electron chi connectivity index (χ1n) is 6.57. The van der Waals surface area contributed by atoms with Gasteiger partial charge < -0.3 is 10.2 Å². The summed E-state index contributed by atoms with van der Waals surface area (Å²) < 4.78 is 26.3. The highest BCUT2D eigenvalue weighted by Gasteiger charge is 2.47. The minimum Gasteiger partial charge on any atom is -0.479 e. The summed E-state index contributed by atoms with van der Waals surface area (Å²) in [6.45, 7) is 0.585. The van der Waals surface area contributed by atoms with Crippen molar-refractivity contribution in [3.05, 3.63) is 0 Å². The Morgan fingerprint density at radius 3 is 2.42 bits per heavy atom. The Hall–Kier alpha value is -0.660. The first-order valence-corrected chi connectivity index (χ1v) is 8.23. The molecule has 7 heteroatoms. The maximum absolute atomic E-state index is 12.0. The summed E-state index contributed by atoms with van der Waals surface area (Å²) in [5, 5.41) is 18.3. The smallest absolute Gasteiger partial charge is 0.336 e. The van der Waals surface area contributed by atoms with Crippen LogP contribution >= 0.6 is 0 Å². The van der Waals surface area contributed by atoms with Crippen molar-refractivity contribution in [2.75, 3.05) is 12.3 Å². The molecule has 3 N–H and O–H groups in total. The number of rotatable bonds is 6. The van der Waals surface area contributed by atoms with E-state index >= 15 is 0 Å². The van der Waals surface area contributed by atoms with Crippen LogP contribution < -0.4 is 4.72 Å². The van der Waals surface area contributed by atoms with E-state index in [9.17, 15) is 18.3 Å². The number of hydrogen-bond donors (Lipinski definition) is 3. The number of fused-ring (bicyclic) bond motifs is 2. The third-order valence-corrected chi connectivity index (χ3v) is 6.06. The fourth-order valence-corrected chi connectivity index (χ4v) is 5.11. The molecule has 0 amide bonds. The van der Waals surface area contributed by atoms with Crippen molar-refractivity contribution in [3.8, 4) is 0 Å². The SMILES string of the molecule is CC(O)(CNS(=O)(=O)CC12CCC(CC1)C2)C(=O)O. The number of carboxylic acids is 1. The Labute approximate surface area is 113 Å². The normalized spacial score (nSPS) is 33.3. The van der Waals surface area contributed by atoms with Gasteiger partial charge in [0.15, 0.2) is 5.60 Å². The second-order valence-corrected chi connectivity index (χ2v) is 8.11. The first kappa shape index (κ1) is 14.7. The van der Waals surface area contributed by atoms with Crippen LogP contribution in [0.5, 0.6) is 0 Å². The van der Waals surface area contributed by atoms with E-state index in [2.05, 4.69) is 4.72 Å². The number of aliphatic carboxylic acids is 1. The molecule has 0 heterocycles. The topological polar surface area (TPSA) is 104 Å². The molecule has 19 heavy (non-hydrogen) atoms. The van der Waals surface area contributed by atoms with Crippen molar-refractivity contribution in [3.63, 3.8) is 0 Å². The average Bonchev–Trinajstić information content (AvgIpc) is 2.85. The van der Waals surface area contributed by atoms with E-state index in [0.717, 1.165) is 39.0 Å². The predicted molar refractivity (Wildman–Crippen MR) is 69.1 cm³/mol. The lowest BCUT2D eigenvalue weighted by Crippen LogP contribution is -2.48. The summed E-state index contributed by atoms with van der Waals surface area (Å²) in [5.41, 5.74) is -2.19. The molecule has 2 saturated carbocycles. The maximum atomic E-state index is 12.0. The number of nitrogens with one attached hydrogen (secondary N) is 1. The van der Waals surface area contributed by atoms with Crippen molar-refractivity contribution >= 4 is 16.0 Å². The molecule has 2 bridgehead atoms. The Morgan fingerprint density at radius 2 is 2.00 bits per heavy atom. The van der Waals surface area contributed by atoms with Crippen LogP contribution in [0, 0.1) is 11.3 Å². The van der Waals surface area contributed by atoms with Crippen LogP contribution in [0.1, 0.15) is 39.0 Å².